The van der Waals surface area contributed by atoms with Crippen LogP contribution in [0.2, 0.25) is 0 Å². The lowest BCUT2D eigenvalue weighted by Gasteiger charge is -2.14. The predicted octanol–water partition coefficient (Wildman–Crippen LogP) is 2.26. The molecule has 120 valence electrons. The van der Waals surface area contributed by atoms with Crippen LogP contribution in [0.4, 0.5) is 4.39 Å². The van der Waals surface area contributed by atoms with Gasteiger partial charge in [0.25, 0.3) is 5.56 Å². The summed E-state index contributed by atoms with van der Waals surface area (Å²) >= 11 is 0. The first kappa shape index (κ1) is 15.3. The Balaban J connectivity index is 2.06. The minimum absolute atomic E-state index is 0.0114. The van der Waals surface area contributed by atoms with Crippen LogP contribution in [0.3, 0.4) is 0 Å². The zero-order valence-electron chi connectivity index (χ0n) is 13.1. The highest BCUT2D eigenvalue weighted by Crippen LogP contribution is 2.17. The first-order valence-corrected chi connectivity index (χ1v) is 7.48. The van der Waals surface area contributed by atoms with E-state index in [1.165, 1.54) is 17.0 Å². The molecule has 0 spiro atoms. The van der Waals surface area contributed by atoms with Gasteiger partial charge in [-0.25, -0.2) is 4.39 Å². The SMILES string of the molecule is CN(C)C(=O)CCCn1c(=O)c2cccn2c2ccc(F)cc21. The van der Waals surface area contributed by atoms with Crippen LogP contribution in [-0.2, 0) is 11.3 Å². The van der Waals surface area contributed by atoms with E-state index in [2.05, 4.69) is 0 Å². The van der Waals surface area contributed by atoms with Crippen LogP contribution in [0.25, 0.3) is 16.6 Å². The Morgan fingerprint density at radius 3 is 2.70 bits per heavy atom. The summed E-state index contributed by atoms with van der Waals surface area (Å²) in [5, 5.41) is 0. The van der Waals surface area contributed by atoms with E-state index < -0.39 is 0 Å². The number of benzene rings is 1. The Kier molecular flexibility index (Phi) is 3.90. The van der Waals surface area contributed by atoms with Crippen molar-refractivity contribution in [3.8, 4) is 0 Å². The van der Waals surface area contributed by atoms with Gasteiger partial charge in [0.2, 0.25) is 5.91 Å². The molecule has 2 aromatic heterocycles. The van der Waals surface area contributed by atoms with E-state index in [9.17, 15) is 14.0 Å². The number of hydrogen-bond donors (Lipinski definition) is 0. The summed E-state index contributed by atoms with van der Waals surface area (Å²) in [5.41, 5.74) is 1.68. The van der Waals surface area contributed by atoms with Gasteiger partial charge in [-0.3, -0.25) is 9.59 Å². The van der Waals surface area contributed by atoms with E-state index >= 15 is 0 Å². The minimum Gasteiger partial charge on any atom is -0.349 e. The van der Waals surface area contributed by atoms with Gasteiger partial charge in [0.15, 0.2) is 0 Å². The van der Waals surface area contributed by atoms with Crippen LogP contribution in [0.1, 0.15) is 12.8 Å². The summed E-state index contributed by atoms with van der Waals surface area (Å²) in [7, 11) is 3.40. The molecule has 0 aliphatic rings. The molecule has 6 heteroatoms. The van der Waals surface area contributed by atoms with E-state index in [4.69, 9.17) is 0 Å². The number of halogens is 1. The average molecular weight is 315 g/mol. The number of hydrogen-bond acceptors (Lipinski definition) is 2. The third kappa shape index (κ3) is 2.72. The van der Waals surface area contributed by atoms with Gasteiger partial charge in [-0.05, 0) is 36.8 Å². The molecule has 0 aliphatic heterocycles. The second-order valence-corrected chi connectivity index (χ2v) is 5.74. The van der Waals surface area contributed by atoms with E-state index in [0.717, 1.165) is 5.52 Å². The molecule has 0 saturated heterocycles. The minimum atomic E-state index is -0.387. The van der Waals surface area contributed by atoms with Crippen molar-refractivity contribution in [2.24, 2.45) is 0 Å². The van der Waals surface area contributed by atoms with Crippen molar-refractivity contribution in [1.82, 2.24) is 13.9 Å². The molecule has 1 aromatic carbocycles. The standard InChI is InChI=1S/C17H18FN3O2/c1-19(2)16(22)6-4-10-21-15-11-12(18)7-8-13(15)20-9-3-5-14(20)17(21)23/h3,5,7-9,11H,4,6,10H2,1-2H3. The highest BCUT2D eigenvalue weighted by atomic mass is 19.1. The van der Waals surface area contributed by atoms with Crippen LogP contribution in [0, 0.1) is 5.82 Å². The largest absolute Gasteiger partial charge is 0.349 e. The fraction of sp³-hybridized carbons (Fsp3) is 0.294. The topological polar surface area (TPSA) is 46.7 Å². The van der Waals surface area contributed by atoms with E-state index in [1.807, 2.05) is 0 Å². The number of carbonyl (C=O) groups is 1. The first-order chi connectivity index (χ1) is 11.0. The molecule has 0 fully saturated rings. The highest BCUT2D eigenvalue weighted by molar-refractivity contribution is 5.79. The van der Waals surface area contributed by atoms with Gasteiger partial charge < -0.3 is 13.9 Å². The number of aromatic nitrogens is 2. The maximum atomic E-state index is 13.6. The van der Waals surface area contributed by atoms with Gasteiger partial charge in [-0.15, -0.1) is 0 Å². The third-order valence-corrected chi connectivity index (χ3v) is 3.97. The molecule has 0 N–H and O–H groups in total. The zero-order chi connectivity index (χ0) is 16.6. The molecule has 0 bridgehead atoms. The van der Waals surface area contributed by atoms with Gasteiger partial charge >= 0.3 is 0 Å². The van der Waals surface area contributed by atoms with Crippen molar-refractivity contribution in [3.63, 3.8) is 0 Å². The van der Waals surface area contributed by atoms with Crippen LogP contribution < -0.4 is 5.56 Å². The van der Waals surface area contributed by atoms with Crippen molar-refractivity contribution in [2.75, 3.05) is 14.1 Å². The first-order valence-electron chi connectivity index (χ1n) is 7.48. The Morgan fingerprint density at radius 1 is 1.17 bits per heavy atom. The predicted molar refractivity (Wildman–Crippen MR) is 87.0 cm³/mol. The Labute approximate surface area is 132 Å². The van der Waals surface area contributed by atoms with Gasteiger partial charge in [0.05, 0.1) is 11.0 Å². The van der Waals surface area contributed by atoms with E-state index in [1.54, 1.807) is 47.5 Å². The molecule has 1 amide bonds. The van der Waals surface area contributed by atoms with Crippen molar-refractivity contribution in [1.29, 1.82) is 0 Å². The number of fused-ring (bicyclic) bond motifs is 3. The lowest BCUT2D eigenvalue weighted by molar-refractivity contribution is -0.128. The molecule has 0 radical (unpaired) electrons. The smallest absolute Gasteiger partial charge is 0.275 e. The zero-order valence-corrected chi connectivity index (χ0v) is 13.1. The molecule has 3 rings (SSSR count). The van der Waals surface area contributed by atoms with E-state index in [-0.39, 0.29) is 17.3 Å². The number of carbonyl (C=O) groups excluding carboxylic acids is 1. The van der Waals surface area contributed by atoms with Gasteiger partial charge in [-0.1, -0.05) is 0 Å². The van der Waals surface area contributed by atoms with Crippen LogP contribution >= 0.6 is 0 Å². The number of rotatable bonds is 4. The maximum Gasteiger partial charge on any atom is 0.275 e. The molecule has 2 heterocycles. The van der Waals surface area contributed by atoms with Crippen molar-refractivity contribution in [3.05, 3.63) is 52.7 Å². The van der Waals surface area contributed by atoms with Crippen LogP contribution in [-0.4, -0.2) is 33.9 Å². The molecular weight excluding hydrogens is 297 g/mol. The monoisotopic (exact) mass is 315 g/mol. The fourth-order valence-electron chi connectivity index (χ4n) is 2.76. The Hall–Kier alpha value is -2.63. The fourth-order valence-corrected chi connectivity index (χ4v) is 2.76. The normalized spacial score (nSPS) is 11.3. The molecule has 23 heavy (non-hydrogen) atoms. The van der Waals surface area contributed by atoms with Gasteiger partial charge in [0, 0.05) is 33.3 Å². The molecule has 5 nitrogen and oxygen atoms in total. The van der Waals surface area contributed by atoms with Gasteiger partial charge in [0.1, 0.15) is 11.3 Å². The van der Waals surface area contributed by atoms with E-state index in [0.29, 0.717) is 30.4 Å². The highest BCUT2D eigenvalue weighted by Gasteiger charge is 2.12. The van der Waals surface area contributed by atoms with Crippen molar-refractivity contribution in [2.45, 2.75) is 19.4 Å². The average Bonchev–Trinajstić information content (AvgIpc) is 2.99. The molecule has 3 aromatic rings. The van der Waals surface area contributed by atoms with Crippen molar-refractivity contribution >= 4 is 22.5 Å². The number of nitrogens with zero attached hydrogens (tertiary/aromatic N) is 3. The molecule has 0 atom stereocenters. The summed E-state index contributed by atoms with van der Waals surface area (Å²) in [6.45, 7) is 0.375. The quantitative estimate of drug-likeness (QED) is 0.741. The molecule has 0 aliphatic carbocycles. The maximum absolute atomic E-state index is 13.6. The Bertz CT molecular complexity index is 940. The second-order valence-electron chi connectivity index (χ2n) is 5.74. The summed E-state index contributed by atoms with van der Waals surface area (Å²) in [5.74, 6) is -0.376. The lowest BCUT2D eigenvalue weighted by atomic mass is 10.2. The lowest BCUT2D eigenvalue weighted by Crippen LogP contribution is -2.25. The molecule has 0 saturated carbocycles. The third-order valence-electron chi connectivity index (χ3n) is 3.97. The number of amides is 1. The Morgan fingerprint density at radius 2 is 1.96 bits per heavy atom. The summed E-state index contributed by atoms with van der Waals surface area (Å²) in [6, 6.07) is 7.95. The number of aryl methyl sites for hydroxylation is 1. The summed E-state index contributed by atoms with van der Waals surface area (Å²) in [6.07, 6.45) is 2.67. The summed E-state index contributed by atoms with van der Waals surface area (Å²) in [4.78, 5) is 25.9. The summed E-state index contributed by atoms with van der Waals surface area (Å²) < 4.78 is 17.0. The van der Waals surface area contributed by atoms with Crippen LogP contribution in [0.15, 0.2) is 41.3 Å². The van der Waals surface area contributed by atoms with Crippen LogP contribution in [0.5, 0.6) is 0 Å². The van der Waals surface area contributed by atoms with Crippen molar-refractivity contribution < 1.29 is 9.18 Å². The second kappa shape index (κ2) is 5.87. The molecule has 0 unspecified atom stereocenters. The van der Waals surface area contributed by atoms with Gasteiger partial charge in [-0.2, -0.15) is 0 Å². The molecular formula is C17H18FN3O2.